The molecule has 1 saturated heterocycles. The predicted octanol–water partition coefficient (Wildman–Crippen LogP) is 9.92. The van der Waals surface area contributed by atoms with Gasteiger partial charge in [0.15, 0.2) is 5.78 Å². The van der Waals surface area contributed by atoms with E-state index in [1.54, 1.807) is 0 Å². The van der Waals surface area contributed by atoms with Crippen LogP contribution >= 0.6 is 0 Å². The number of hydrogen-bond donors (Lipinski definition) is 3. The molecule has 0 amide bonds. The maximum absolute atomic E-state index is 15.3. The molecule has 7 aliphatic rings. The van der Waals surface area contributed by atoms with E-state index in [4.69, 9.17) is 4.74 Å². The second kappa shape index (κ2) is 13.0. The quantitative estimate of drug-likeness (QED) is 0.215. The smallest absolute Gasteiger partial charge is 0.160 e. The Balaban J connectivity index is 1.15. The number of ketones is 2. The standard InChI is InChI=1S/C52H70N2O5/c1-29-20-30(2)22-31(21-29)23-33-27-54-28-35-40-41(48(5,24-37(56)46-47(3,4)59-46)17-14-32-26-53-42(33)43(32)54)36(55)25-51(40,8)50(7)19-15-38-49(6,45(50)44(35)58)18-16-39(57)52(38,9)34-12-10-11-13-34/h20-22,26-27,34-35,37-38,44-46,53,56,58H,10-19,23-25,28H2,1-9H3. The molecule has 7 nitrogen and oxygen atoms in total. The molecule has 0 spiro atoms. The Labute approximate surface area is 352 Å². The summed E-state index contributed by atoms with van der Waals surface area (Å²) in [4.78, 5) is 33.3. The molecule has 3 aromatic rings. The van der Waals surface area contributed by atoms with E-state index < -0.39 is 23.0 Å². The number of rotatable bonds is 6. The van der Waals surface area contributed by atoms with Crippen molar-refractivity contribution in [3.8, 4) is 0 Å². The number of carbonyl (C=O) groups is 2. The highest BCUT2D eigenvalue weighted by Gasteiger charge is 2.73. The molecule has 0 radical (unpaired) electrons. The molecular weight excluding hydrogens is 733 g/mol. The molecule has 5 aliphatic carbocycles. The van der Waals surface area contributed by atoms with Gasteiger partial charge in [0, 0.05) is 60.5 Å². The monoisotopic (exact) mass is 803 g/mol. The minimum absolute atomic E-state index is 0.0691. The number of H-pyrrole nitrogens is 1. The summed E-state index contributed by atoms with van der Waals surface area (Å²) in [5.41, 5.74) is 8.28. The fourth-order valence-corrected chi connectivity index (χ4v) is 16.3. The number of ether oxygens (including phenoxy) is 1. The third kappa shape index (κ3) is 5.54. The number of aryl methyl sites for hydroxylation is 3. The summed E-state index contributed by atoms with van der Waals surface area (Å²) in [6, 6.07) is 6.82. The van der Waals surface area contributed by atoms with Crippen molar-refractivity contribution in [2.24, 2.45) is 50.7 Å². The third-order valence-corrected chi connectivity index (χ3v) is 19.1. The third-order valence-electron chi connectivity index (χ3n) is 19.1. The zero-order valence-electron chi connectivity index (χ0n) is 37.4. The average Bonchev–Trinajstić information content (AvgIpc) is 3.70. The van der Waals surface area contributed by atoms with Crippen molar-refractivity contribution in [3.05, 3.63) is 69.6 Å². The van der Waals surface area contributed by atoms with Crippen molar-refractivity contribution in [1.82, 2.24) is 9.55 Å². The van der Waals surface area contributed by atoms with Gasteiger partial charge >= 0.3 is 0 Å². The molecule has 1 aromatic carbocycles. The number of epoxide rings is 1. The lowest BCUT2D eigenvalue weighted by Gasteiger charge is -2.70. The second-order valence-corrected chi connectivity index (χ2v) is 23.0. The number of carbonyl (C=O) groups excluding carboxylic acids is 2. The number of nitrogens with zero attached hydrogens (tertiary/aromatic N) is 1. The Morgan fingerprint density at radius 1 is 0.932 bits per heavy atom. The number of fused-ring (bicyclic) bond motifs is 4. The van der Waals surface area contributed by atoms with Crippen LogP contribution in [-0.2, 0) is 33.7 Å². The molecule has 10 rings (SSSR count). The first-order valence-electron chi connectivity index (χ1n) is 23.4. The van der Waals surface area contributed by atoms with E-state index in [1.165, 1.54) is 51.7 Å². The number of allylic oxidation sites excluding steroid dienone is 1. The number of Topliss-reactive ketones (excluding diaryl/α,β-unsaturated/α-hetero) is 2. The first-order chi connectivity index (χ1) is 27.7. The van der Waals surface area contributed by atoms with Crippen molar-refractivity contribution in [3.63, 3.8) is 0 Å². The zero-order valence-corrected chi connectivity index (χ0v) is 37.4. The number of aliphatic hydroxyl groups excluding tert-OH is 2. The normalized spacial score (nSPS) is 40.9. The fraction of sp³-hybridized carbons (Fsp3) is 0.692. The van der Waals surface area contributed by atoms with Gasteiger partial charge in [-0.05, 0) is 135 Å². The van der Waals surface area contributed by atoms with Crippen molar-refractivity contribution in [2.45, 2.75) is 176 Å². The van der Waals surface area contributed by atoms with Crippen LogP contribution in [0.1, 0.15) is 147 Å². The van der Waals surface area contributed by atoms with Crippen molar-refractivity contribution in [1.29, 1.82) is 0 Å². The van der Waals surface area contributed by atoms with E-state index in [2.05, 4.69) is 88.6 Å². The lowest BCUT2D eigenvalue weighted by Crippen LogP contribution is -2.68. The largest absolute Gasteiger partial charge is 0.392 e. The van der Waals surface area contributed by atoms with Crippen LogP contribution < -0.4 is 0 Å². The summed E-state index contributed by atoms with van der Waals surface area (Å²) in [6.45, 7) is 20.8. The second-order valence-electron chi connectivity index (χ2n) is 23.0. The van der Waals surface area contributed by atoms with E-state index in [0.717, 1.165) is 56.0 Å². The van der Waals surface area contributed by atoms with Gasteiger partial charge in [0.05, 0.1) is 28.8 Å². The number of benzene rings is 1. The molecule has 11 unspecified atom stereocenters. The SMILES string of the molecule is Cc1cc(C)cc(Cc2cn3c4c(c[nH]c24)CCC(C)(CC(O)C2OC2(C)C)C2=C4C(C3)C(O)C3C5(C)CCC(=O)C(C)(C6CCCC6)C5CCC3(C)C4(C)CC2=O)c1. The van der Waals surface area contributed by atoms with Gasteiger partial charge in [0.2, 0.25) is 0 Å². The van der Waals surface area contributed by atoms with Crippen molar-refractivity contribution in [2.75, 3.05) is 0 Å². The van der Waals surface area contributed by atoms with Gasteiger partial charge in [-0.2, -0.15) is 0 Å². The summed E-state index contributed by atoms with van der Waals surface area (Å²) >= 11 is 0. The number of aromatic amines is 1. The first-order valence-corrected chi connectivity index (χ1v) is 23.4. The van der Waals surface area contributed by atoms with Crippen LogP contribution in [0.15, 0.2) is 41.7 Å². The maximum Gasteiger partial charge on any atom is 0.160 e. The Kier molecular flexibility index (Phi) is 8.85. The van der Waals surface area contributed by atoms with Crippen LogP contribution in [0.3, 0.4) is 0 Å². The molecule has 59 heavy (non-hydrogen) atoms. The van der Waals surface area contributed by atoms with E-state index in [-0.39, 0.29) is 51.5 Å². The molecule has 7 heteroatoms. The topological polar surface area (TPSA) is 108 Å². The van der Waals surface area contributed by atoms with Crippen LogP contribution in [0.5, 0.6) is 0 Å². The molecule has 2 aliphatic heterocycles. The highest BCUT2D eigenvalue weighted by molar-refractivity contribution is 6.02. The molecule has 3 N–H and O–H groups in total. The van der Waals surface area contributed by atoms with E-state index in [0.29, 0.717) is 43.9 Å². The Morgan fingerprint density at radius 2 is 1.63 bits per heavy atom. The van der Waals surface area contributed by atoms with Gasteiger partial charge in [-0.1, -0.05) is 76.8 Å². The van der Waals surface area contributed by atoms with Crippen LogP contribution in [-0.4, -0.2) is 55.2 Å². The Bertz CT molecular complexity index is 2270. The van der Waals surface area contributed by atoms with Crippen LogP contribution in [0.25, 0.3) is 11.0 Å². The Morgan fingerprint density at radius 3 is 2.31 bits per heavy atom. The molecule has 4 saturated carbocycles. The van der Waals surface area contributed by atoms with E-state index >= 15 is 4.79 Å². The minimum atomic E-state index is -0.706. The summed E-state index contributed by atoms with van der Waals surface area (Å²) in [5.74, 6) is 0.914. The van der Waals surface area contributed by atoms with E-state index in [9.17, 15) is 15.0 Å². The predicted molar refractivity (Wildman–Crippen MR) is 232 cm³/mol. The number of hydrogen-bond acceptors (Lipinski definition) is 5. The lowest BCUT2D eigenvalue weighted by atomic mass is 9.33. The summed E-state index contributed by atoms with van der Waals surface area (Å²) in [5, 5.41) is 25.6. The van der Waals surface area contributed by atoms with Crippen LogP contribution in [0, 0.1) is 64.6 Å². The molecule has 11 atom stereocenters. The van der Waals surface area contributed by atoms with Crippen LogP contribution in [0.4, 0.5) is 0 Å². The highest BCUT2D eigenvalue weighted by Crippen LogP contribution is 2.76. The van der Waals surface area contributed by atoms with Gasteiger partial charge in [-0.3, -0.25) is 9.59 Å². The Hall–Kier alpha value is -3.00. The summed E-state index contributed by atoms with van der Waals surface area (Å²) in [7, 11) is 0. The van der Waals surface area contributed by atoms with Gasteiger partial charge in [0.1, 0.15) is 11.9 Å². The van der Waals surface area contributed by atoms with Crippen molar-refractivity contribution < 1.29 is 24.5 Å². The zero-order chi connectivity index (χ0) is 41.8. The molecule has 0 bridgehead atoms. The van der Waals surface area contributed by atoms with Crippen molar-refractivity contribution >= 4 is 22.6 Å². The fourth-order valence-electron chi connectivity index (χ4n) is 16.3. The molecule has 318 valence electrons. The summed E-state index contributed by atoms with van der Waals surface area (Å²) < 4.78 is 8.48. The average molecular weight is 803 g/mol. The number of nitrogens with one attached hydrogen (secondary N) is 1. The number of aromatic nitrogens is 2. The highest BCUT2D eigenvalue weighted by atomic mass is 16.6. The van der Waals surface area contributed by atoms with Gasteiger partial charge in [-0.25, -0.2) is 0 Å². The molecule has 5 fully saturated rings. The maximum atomic E-state index is 15.3. The van der Waals surface area contributed by atoms with E-state index in [1.807, 2.05) is 13.8 Å². The van der Waals surface area contributed by atoms with Crippen LogP contribution in [0.2, 0.25) is 0 Å². The first kappa shape index (κ1) is 40.1. The minimum Gasteiger partial charge on any atom is -0.392 e. The van der Waals surface area contributed by atoms with Gasteiger partial charge < -0.3 is 24.5 Å². The summed E-state index contributed by atoms with van der Waals surface area (Å²) in [6.07, 6.45) is 13.9. The molecule has 4 heterocycles. The number of aliphatic hydroxyl groups is 2. The molecule has 2 aromatic heterocycles. The van der Waals surface area contributed by atoms with Gasteiger partial charge in [-0.15, -0.1) is 0 Å². The molecular formula is C52H70N2O5. The van der Waals surface area contributed by atoms with Gasteiger partial charge in [0.25, 0.3) is 0 Å². The lowest BCUT2D eigenvalue weighted by molar-refractivity contribution is -0.227.